The van der Waals surface area contributed by atoms with Crippen molar-refractivity contribution in [3.63, 3.8) is 0 Å². The molecule has 0 amide bonds. The number of rotatable bonds is 9. The first-order valence-electron chi connectivity index (χ1n) is 6.42. The van der Waals surface area contributed by atoms with Crippen LogP contribution in [0.2, 0.25) is 0 Å². The second-order valence-electron chi connectivity index (χ2n) is 4.15. The number of nitrogens with one attached hydrogen (secondary N) is 2. The van der Waals surface area contributed by atoms with Crippen LogP contribution in [0.3, 0.4) is 0 Å². The van der Waals surface area contributed by atoms with E-state index in [0.717, 1.165) is 31.7 Å². The quantitative estimate of drug-likeness (QED) is 0.680. The van der Waals surface area contributed by atoms with Gasteiger partial charge in [-0.25, -0.2) is 13.1 Å². The van der Waals surface area contributed by atoms with Crippen molar-refractivity contribution in [3.05, 3.63) is 24.3 Å². The van der Waals surface area contributed by atoms with Crippen molar-refractivity contribution in [2.24, 2.45) is 0 Å². The van der Waals surface area contributed by atoms with Crippen molar-refractivity contribution in [1.29, 1.82) is 0 Å². The third-order valence-electron chi connectivity index (χ3n) is 2.60. The summed E-state index contributed by atoms with van der Waals surface area (Å²) in [7, 11) is -1.66. The summed E-state index contributed by atoms with van der Waals surface area (Å²) in [5.41, 5.74) is 0.924. The van der Waals surface area contributed by atoms with Crippen molar-refractivity contribution < 1.29 is 13.2 Å². The van der Waals surface area contributed by atoms with Crippen molar-refractivity contribution >= 4 is 15.7 Å². The molecule has 0 fully saturated rings. The zero-order valence-corrected chi connectivity index (χ0v) is 12.3. The fourth-order valence-electron chi connectivity index (χ4n) is 1.63. The van der Waals surface area contributed by atoms with Gasteiger partial charge in [0.25, 0.3) is 0 Å². The van der Waals surface area contributed by atoms with Crippen LogP contribution in [0.4, 0.5) is 5.69 Å². The van der Waals surface area contributed by atoms with Crippen LogP contribution < -0.4 is 10.0 Å². The van der Waals surface area contributed by atoms with E-state index in [1.165, 1.54) is 0 Å². The van der Waals surface area contributed by atoms with E-state index >= 15 is 0 Å². The summed E-state index contributed by atoms with van der Waals surface area (Å²) in [5.74, 6) is 0. The average Bonchev–Trinajstić information content (AvgIpc) is 2.39. The second kappa shape index (κ2) is 8.14. The number of ether oxygens (including phenoxy) is 1. The zero-order chi connectivity index (χ0) is 14.1. The minimum atomic E-state index is -3.35. The Hall–Kier alpha value is -1.11. The van der Waals surface area contributed by atoms with Crippen LogP contribution >= 0.6 is 0 Å². The predicted octanol–water partition coefficient (Wildman–Crippen LogP) is 1.82. The lowest BCUT2D eigenvalue weighted by Crippen LogP contribution is -2.23. The topological polar surface area (TPSA) is 67.4 Å². The molecule has 1 rings (SSSR count). The van der Waals surface area contributed by atoms with E-state index in [0.29, 0.717) is 11.4 Å². The molecule has 19 heavy (non-hydrogen) atoms. The fraction of sp³-hybridized carbons (Fsp3) is 0.538. The average molecular weight is 286 g/mol. The Kier molecular flexibility index (Phi) is 6.83. The minimum Gasteiger partial charge on any atom is -0.385 e. The second-order valence-corrected chi connectivity index (χ2v) is 5.92. The minimum absolute atomic E-state index is 0.291. The maximum absolute atomic E-state index is 11.7. The van der Waals surface area contributed by atoms with E-state index in [4.69, 9.17) is 4.74 Å². The van der Waals surface area contributed by atoms with Gasteiger partial charge in [-0.1, -0.05) is 6.92 Å². The van der Waals surface area contributed by atoms with Crippen LogP contribution in [0.1, 0.15) is 19.8 Å². The number of hydrogen-bond acceptors (Lipinski definition) is 4. The van der Waals surface area contributed by atoms with Gasteiger partial charge >= 0.3 is 0 Å². The van der Waals surface area contributed by atoms with E-state index in [1.54, 1.807) is 38.3 Å². The van der Waals surface area contributed by atoms with E-state index < -0.39 is 10.0 Å². The number of benzene rings is 1. The number of anilines is 1. The lowest BCUT2D eigenvalue weighted by atomic mass is 10.3. The van der Waals surface area contributed by atoms with Gasteiger partial charge < -0.3 is 10.1 Å². The summed E-state index contributed by atoms with van der Waals surface area (Å²) in [6, 6.07) is 6.77. The molecular weight excluding hydrogens is 264 g/mol. The summed E-state index contributed by atoms with van der Waals surface area (Å²) in [5, 5.41) is 3.24. The lowest BCUT2D eigenvalue weighted by molar-refractivity contribution is 0.194. The van der Waals surface area contributed by atoms with Gasteiger partial charge in [0.2, 0.25) is 10.0 Å². The highest BCUT2D eigenvalue weighted by Crippen LogP contribution is 2.13. The molecule has 0 heterocycles. The predicted molar refractivity (Wildman–Crippen MR) is 76.9 cm³/mol. The van der Waals surface area contributed by atoms with E-state index in [-0.39, 0.29) is 0 Å². The number of methoxy groups -OCH3 is 1. The first-order valence-corrected chi connectivity index (χ1v) is 7.91. The third-order valence-corrected chi connectivity index (χ3v) is 4.16. The van der Waals surface area contributed by atoms with Crippen LogP contribution in [0, 0.1) is 0 Å². The molecule has 0 aliphatic carbocycles. The van der Waals surface area contributed by atoms with Crippen LogP contribution in [0.5, 0.6) is 0 Å². The maximum atomic E-state index is 11.7. The van der Waals surface area contributed by atoms with Gasteiger partial charge in [0.15, 0.2) is 0 Å². The Bertz CT molecular complexity index is 457. The summed E-state index contributed by atoms with van der Waals surface area (Å²) in [6.45, 7) is 3.76. The highest BCUT2D eigenvalue weighted by molar-refractivity contribution is 7.89. The Morgan fingerprint density at radius 3 is 2.42 bits per heavy atom. The molecule has 0 bridgehead atoms. The number of sulfonamides is 1. The smallest absolute Gasteiger partial charge is 0.240 e. The standard InChI is InChI=1S/C13H22N2O3S/c1-3-15-19(16,17)13-8-6-12(7-9-13)14-10-4-5-11-18-2/h6-9,14-15H,3-5,10-11H2,1-2H3. The fourth-order valence-corrected chi connectivity index (χ4v) is 2.67. The van der Waals surface area contributed by atoms with Crippen LogP contribution in [-0.4, -0.2) is 35.2 Å². The van der Waals surface area contributed by atoms with Gasteiger partial charge in [0.05, 0.1) is 4.90 Å². The summed E-state index contributed by atoms with van der Waals surface area (Å²) < 4.78 is 30.9. The summed E-state index contributed by atoms with van der Waals surface area (Å²) in [4.78, 5) is 0.291. The molecule has 6 heteroatoms. The SMILES string of the molecule is CCNS(=O)(=O)c1ccc(NCCCCOC)cc1. The molecule has 1 aromatic rings. The first kappa shape index (κ1) is 15.9. The third kappa shape index (κ3) is 5.59. The molecule has 0 aliphatic heterocycles. The highest BCUT2D eigenvalue weighted by atomic mass is 32.2. The molecule has 0 radical (unpaired) electrons. The zero-order valence-electron chi connectivity index (χ0n) is 11.5. The van der Waals surface area contributed by atoms with Gasteiger partial charge in [0, 0.05) is 32.5 Å². The van der Waals surface area contributed by atoms with Crippen LogP contribution in [-0.2, 0) is 14.8 Å². The molecule has 0 unspecified atom stereocenters. The summed E-state index contributed by atoms with van der Waals surface area (Å²) in [6.07, 6.45) is 2.03. The van der Waals surface area contributed by atoms with Gasteiger partial charge in [-0.2, -0.15) is 0 Å². The molecule has 0 saturated carbocycles. The normalized spacial score (nSPS) is 11.5. The molecule has 2 N–H and O–H groups in total. The molecule has 0 spiro atoms. The van der Waals surface area contributed by atoms with Crippen LogP contribution in [0.25, 0.3) is 0 Å². The first-order chi connectivity index (χ1) is 9.10. The largest absolute Gasteiger partial charge is 0.385 e. The van der Waals surface area contributed by atoms with E-state index in [1.807, 2.05) is 0 Å². The van der Waals surface area contributed by atoms with E-state index in [9.17, 15) is 8.42 Å². The molecule has 0 saturated heterocycles. The summed E-state index contributed by atoms with van der Waals surface area (Å²) >= 11 is 0. The van der Waals surface area contributed by atoms with Gasteiger partial charge in [-0.3, -0.25) is 0 Å². The number of unbranched alkanes of at least 4 members (excludes halogenated alkanes) is 1. The van der Waals surface area contributed by atoms with Crippen LogP contribution in [0.15, 0.2) is 29.2 Å². The molecule has 108 valence electrons. The Labute approximate surface area is 115 Å². The molecule has 0 aliphatic rings. The van der Waals surface area contributed by atoms with Crippen molar-refractivity contribution in [2.75, 3.05) is 32.1 Å². The van der Waals surface area contributed by atoms with Crippen molar-refractivity contribution in [3.8, 4) is 0 Å². The maximum Gasteiger partial charge on any atom is 0.240 e. The molecule has 0 aromatic heterocycles. The lowest BCUT2D eigenvalue weighted by Gasteiger charge is -2.08. The molecule has 1 aromatic carbocycles. The van der Waals surface area contributed by atoms with Gasteiger partial charge in [-0.05, 0) is 37.1 Å². The molecular formula is C13H22N2O3S. The highest BCUT2D eigenvalue weighted by Gasteiger charge is 2.11. The van der Waals surface area contributed by atoms with Gasteiger partial charge in [-0.15, -0.1) is 0 Å². The van der Waals surface area contributed by atoms with Crippen molar-refractivity contribution in [1.82, 2.24) is 4.72 Å². The monoisotopic (exact) mass is 286 g/mol. The molecule has 0 atom stereocenters. The van der Waals surface area contributed by atoms with Crippen molar-refractivity contribution in [2.45, 2.75) is 24.7 Å². The Morgan fingerprint density at radius 1 is 1.16 bits per heavy atom. The van der Waals surface area contributed by atoms with Gasteiger partial charge in [0.1, 0.15) is 0 Å². The Morgan fingerprint density at radius 2 is 1.84 bits per heavy atom. The van der Waals surface area contributed by atoms with E-state index in [2.05, 4.69) is 10.0 Å². The number of hydrogen-bond donors (Lipinski definition) is 2. The molecule has 5 nitrogen and oxygen atoms in total. The Balaban J connectivity index is 2.48.